The van der Waals surface area contributed by atoms with Crippen LogP contribution in [0.4, 0.5) is 0 Å². The number of carbonyl (C=O) groups is 3. The van der Waals surface area contributed by atoms with Crippen molar-refractivity contribution < 1.29 is 19.1 Å². The minimum absolute atomic E-state index is 0.0176. The number of amides is 3. The van der Waals surface area contributed by atoms with E-state index in [4.69, 9.17) is 10.5 Å². The Kier molecular flexibility index (Phi) is 7.18. The van der Waals surface area contributed by atoms with E-state index in [1.54, 1.807) is 12.0 Å². The average Bonchev–Trinajstić information content (AvgIpc) is 2.99. The molecule has 0 aliphatic carbocycles. The summed E-state index contributed by atoms with van der Waals surface area (Å²) in [6.07, 6.45) is 0.542. The minimum atomic E-state index is -0.661. The van der Waals surface area contributed by atoms with E-state index in [-0.39, 0.29) is 24.3 Å². The Morgan fingerprint density at radius 2 is 1.96 bits per heavy atom. The van der Waals surface area contributed by atoms with Gasteiger partial charge in [0.2, 0.25) is 17.7 Å². The molecule has 0 spiro atoms. The van der Waals surface area contributed by atoms with Gasteiger partial charge in [0, 0.05) is 13.1 Å². The second-order valence-electron chi connectivity index (χ2n) is 7.00. The van der Waals surface area contributed by atoms with Crippen LogP contribution in [0.15, 0.2) is 24.3 Å². The van der Waals surface area contributed by atoms with E-state index in [0.29, 0.717) is 19.5 Å². The molecule has 148 valence electrons. The number of nitrogens with two attached hydrogens (primary N) is 1. The first-order valence-corrected chi connectivity index (χ1v) is 9.06. The largest absolute Gasteiger partial charge is 0.497 e. The van der Waals surface area contributed by atoms with Crippen molar-refractivity contribution in [3.63, 3.8) is 0 Å². The minimum Gasteiger partial charge on any atom is -0.497 e. The van der Waals surface area contributed by atoms with Gasteiger partial charge in [0.05, 0.1) is 19.7 Å². The maximum absolute atomic E-state index is 12.5. The van der Waals surface area contributed by atoms with E-state index >= 15 is 0 Å². The summed E-state index contributed by atoms with van der Waals surface area (Å²) in [5.41, 5.74) is 6.72. The van der Waals surface area contributed by atoms with Crippen LogP contribution in [0, 0.1) is 5.92 Å². The van der Waals surface area contributed by atoms with E-state index in [0.717, 1.165) is 11.3 Å². The fourth-order valence-corrected chi connectivity index (χ4v) is 2.81. The first-order chi connectivity index (χ1) is 12.8. The molecule has 2 atom stereocenters. The van der Waals surface area contributed by atoms with Crippen molar-refractivity contribution in [2.45, 2.75) is 38.9 Å². The van der Waals surface area contributed by atoms with Crippen LogP contribution in [-0.2, 0) is 20.9 Å². The molecule has 1 unspecified atom stereocenters. The number of rotatable bonds is 8. The Morgan fingerprint density at radius 1 is 1.30 bits per heavy atom. The lowest BCUT2D eigenvalue weighted by molar-refractivity contribution is -0.133. The van der Waals surface area contributed by atoms with Crippen LogP contribution in [0.5, 0.6) is 5.75 Å². The molecule has 0 aromatic heterocycles. The number of ether oxygens (including phenoxy) is 1. The highest BCUT2D eigenvalue weighted by atomic mass is 16.5. The highest BCUT2D eigenvalue weighted by Gasteiger charge is 2.32. The number of nitrogens with one attached hydrogen (secondary N) is 2. The lowest BCUT2D eigenvalue weighted by Gasteiger charge is -2.18. The van der Waals surface area contributed by atoms with Crippen LogP contribution < -0.4 is 21.1 Å². The van der Waals surface area contributed by atoms with Crippen LogP contribution in [0.25, 0.3) is 0 Å². The van der Waals surface area contributed by atoms with Crippen LogP contribution in [-0.4, -0.2) is 54.9 Å². The van der Waals surface area contributed by atoms with Crippen LogP contribution in [0.2, 0.25) is 0 Å². The molecule has 8 heteroatoms. The van der Waals surface area contributed by atoms with E-state index in [9.17, 15) is 14.4 Å². The van der Waals surface area contributed by atoms with Crippen molar-refractivity contribution in [3.05, 3.63) is 29.8 Å². The summed E-state index contributed by atoms with van der Waals surface area (Å²) in [7, 11) is 1.60. The average molecular weight is 376 g/mol. The van der Waals surface area contributed by atoms with Crippen molar-refractivity contribution >= 4 is 17.7 Å². The molecule has 1 aromatic carbocycles. The van der Waals surface area contributed by atoms with Gasteiger partial charge in [-0.1, -0.05) is 26.0 Å². The third-order valence-electron chi connectivity index (χ3n) is 4.61. The number of benzene rings is 1. The molecule has 0 saturated carbocycles. The van der Waals surface area contributed by atoms with Crippen molar-refractivity contribution in [2.75, 3.05) is 20.2 Å². The molecule has 8 nitrogen and oxygen atoms in total. The first kappa shape index (κ1) is 20.7. The molecule has 3 amide bonds. The molecule has 1 fully saturated rings. The smallest absolute Gasteiger partial charge is 0.245 e. The van der Waals surface area contributed by atoms with Crippen molar-refractivity contribution in [1.29, 1.82) is 0 Å². The van der Waals surface area contributed by atoms with Gasteiger partial charge in [0.25, 0.3) is 0 Å². The predicted molar refractivity (Wildman–Crippen MR) is 101 cm³/mol. The maximum atomic E-state index is 12.5. The maximum Gasteiger partial charge on any atom is 0.245 e. The lowest BCUT2D eigenvalue weighted by atomic mass is 10.1. The molecule has 0 radical (unpaired) electrons. The fraction of sp³-hybridized carbons (Fsp3) is 0.526. The van der Waals surface area contributed by atoms with Gasteiger partial charge in [-0.15, -0.1) is 0 Å². The standard InChI is InChI=1S/C19H28N4O4/c1-12(2)17(20)18(25)21-10-16(24)22-15-8-9-23(19(15)26)11-13-4-6-14(27-3)7-5-13/h4-7,12,15,17H,8-11,20H2,1-3H3,(H,21,25)(H,22,24)/t15?,17-/m0/s1. The normalized spacial score (nSPS) is 17.7. The molecule has 4 N–H and O–H groups in total. The zero-order valence-corrected chi connectivity index (χ0v) is 16.0. The second kappa shape index (κ2) is 9.36. The molecule has 1 heterocycles. The van der Waals surface area contributed by atoms with Crippen molar-refractivity contribution in [3.8, 4) is 5.75 Å². The number of hydrogen-bond donors (Lipinski definition) is 3. The fourth-order valence-electron chi connectivity index (χ4n) is 2.81. The van der Waals surface area contributed by atoms with E-state index in [1.165, 1.54) is 0 Å². The summed E-state index contributed by atoms with van der Waals surface area (Å²) in [6.45, 7) is 4.52. The Bertz CT molecular complexity index is 675. The number of likely N-dealkylation sites (tertiary alicyclic amines) is 1. The quantitative estimate of drug-likeness (QED) is 0.591. The number of methoxy groups -OCH3 is 1. The molecule has 0 bridgehead atoms. The number of hydrogen-bond acceptors (Lipinski definition) is 5. The Labute approximate surface area is 159 Å². The van der Waals surface area contributed by atoms with Crippen molar-refractivity contribution in [2.24, 2.45) is 11.7 Å². The zero-order chi connectivity index (χ0) is 20.0. The summed E-state index contributed by atoms with van der Waals surface area (Å²) in [5, 5.41) is 5.18. The summed E-state index contributed by atoms with van der Waals surface area (Å²) >= 11 is 0. The highest BCUT2D eigenvalue weighted by Crippen LogP contribution is 2.17. The molecular weight excluding hydrogens is 348 g/mol. The van der Waals surface area contributed by atoms with Gasteiger partial charge in [0.1, 0.15) is 11.8 Å². The summed E-state index contributed by atoms with van der Waals surface area (Å²) in [4.78, 5) is 38.0. The van der Waals surface area contributed by atoms with E-state index in [1.807, 2.05) is 38.1 Å². The highest BCUT2D eigenvalue weighted by molar-refractivity contribution is 5.91. The van der Waals surface area contributed by atoms with Gasteiger partial charge in [0.15, 0.2) is 0 Å². The third-order valence-corrected chi connectivity index (χ3v) is 4.61. The number of nitrogens with zero attached hydrogens (tertiary/aromatic N) is 1. The van der Waals surface area contributed by atoms with Gasteiger partial charge in [-0.25, -0.2) is 0 Å². The monoisotopic (exact) mass is 376 g/mol. The van der Waals surface area contributed by atoms with Gasteiger partial charge in [-0.3, -0.25) is 14.4 Å². The van der Waals surface area contributed by atoms with Crippen molar-refractivity contribution in [1.82, 2.24) is 15.5 Å². The Hall–Kier alpha value is -2.61. The molecular formula is C19H28N4O4. The van der Waals surface area contributed by atoms with Gasteiger partial charge in [-0.05, 0) is 30.0 Å². The lowest BCUT2D eigenvalue weighted by Crippen LogP contribution is -2.49. The predicted octanol–water partition coefficient (Wildman–Crippen LogP) is 0.0118. The van der Waals surface area contributed by atoms with Crippen LogP contribution in [0.3, 0.4) is 0 Å². The van der Waals surface area contributed by atoms with E-state index < -0.39 is 18.0 Å². The first-order valence-electron chi connectivity index (χ1n) is 9.06. The summed E-state index contributed by atoms with van der Waals surface area (Å²) in [6, 6.07) is 6.29. The third kappa shape index (κ3) is 5.68. The molecule has 2 rings (SSSR count). The SMILES string of the molecule is COc1ccc(CN2CCC(NC(=O)CNC(=O)[C@@H](N)C(C)C)C2=O)cc1. The zero-order valence-electron chi connectivity index (χ0n) is 16.0. The Morgan fingerprint density at radius 3 is 2.56 bits per heavy atom. The Balaban J connectivity index is 1.80. The molecule has 1 aliphatic heterocycles. The van der Waals surface area contributed by atoms with Crippen LogP contribution >= 0.6 is 0 Å². The van der Waals surface area contributed by atoms with Gasteiger partial charge in [-0.2, -0.15) is 0 Å². The molecule has 1 aliphatic rings. The number of carbonyl (C=O) groups excluding carboxylic acids is 3. The van der Waals surface area contributed by atoms with Crippen LogP contribution in [0.1, 0.15) is 25.8 Å². The summed E-state index contributed by atoms with van der Waals surface area (Å²) < 4.78 is 5.12. The topological polar surface area (TPSA) is 114 Å². The molecule has 1 aromatic rings. The van der Waals surface area contributed by atoms with Gasteiger partial charge >= 0.3 is 0 Å². The summed E-state index contributed by atoms with van der Waals surface area (Å²) in [5.74, 6) is -0.154. The van der Waals surface area contributed by atoms with E-state index in [2.05, 4.69) is 10.6 Å². The second-order valence-corrected chi connectivity index (χ2v) is 7.00. The van der Waals surface area contributed by atoms with Gasteiger partial charge < -0.3 is 26.0 Å². The molecule has 1 saturated heterocycles. The molecule has 27 heavy (non-hydrogen) atoms.